The van der Waals surface area contributed by atoms with E-state index < -0.39 is 6.09 Å². The van der Waals surface area contributed by atoms with Crippen molar-refractivity contribution in [2.75, 3.05) is 13.1 Å². The van der Waals surface area contributed by atoms with Gasteiger partial charge in [-0.25, -0.2) is 4.79 Å². The van der Waals surface area contributed by atoms with Crippen LogP contribution in [0.25, 0.3) is 12.2 Å². The second kappa shape index (κ2) is 7.04. The number of aromatic nitrogens is 3. The van der Waals surface area contributed by atoms with Crippen LogP contribution in [0.4, 0.5) is 4.79 Å². The first kappa shape index (κ1) is 15.2. The maximum absolute atomic E-state index is 10.9. The summed E-state index contributed by atoms with van der Waals surface area (Å²) < 4.78 is 5.21. The Morgan fingerprint density at radius 1 is 1.39 bits per heavy atom. The molecule has 23 heavy (non-hydrogen) atoms. The van der Waals surface area contributed by atoms with Gasteiger partial charge < -0.3 is 14.5 Å². The third-order valence-electron chi connectivity index (χ3n) is 3.94. The van der Waals surface area contributed by atoms with Gasteiger partial charge in [-0.3, -0.25) is 4.98 Å². The number of pyridine rings is 1. The molecule has 1 aliphatic heterocycles. The maximum Gasteiger partial charge on any atom is 0.407 e. The average Bonchev–Trinajstić information content (AvgIpc) is 3.02. The first-order chi connectivity index (χ1) is 11.2. The molecular weight excluding hydrogens is 296 g/mol. The van der Waals surface area contributed by atoms with Gasteiger partial charge in [0.1, 0.15) is 0 Å². The molecule has 0 bridgehead atoms. The number of carboxylic acid groups (broad SMARTS) is 1. The summed E-state index contributed by atoms with van der Waals surface area (Å²) in [7, 11) is 0. The number of piperidine rings is 1. The summed E-state index contributed by atoms with van der Waals surface area (Å²) in [5, 5.41) is 12.9. The molecule has 3 heterocycles. The molecule has 0 radical (unpaired) electrons. The minimum atomic E-state index is -0.842. The summed E-state index contributed by atoms with van der Waals surface area (Å²) >= 11 is 0. The Hall–Kier alpha value is -2.70. The van der Waals surface area contributed by atoms with E-state index in [0.29, 0.717) is 30.7 Å². The number of likely N-dealkylation sites (tertiary alicyclic amines) is 1. The zero-order valence-corrected chi connectivity index (χ0v) is 12.6. The molecule has 120 valence electrons. The van der Waals surface area contributed by atoms with Gasteiger partial charge in [0.15, 0.2) is 5.82 Å². The molecule has 7 heteroatoms. The van der Waals surface area contributed by atoms with E-state index in [0.717, 1.165) is 24.8 Å². The van der Waals surface area contributed by atoms with Gasteiger partial charge >= 0.3 is 6.09 Å². The molecule has 1 saturated heterocycles. The average molecular weight is 314 g/mol. The second-order valence-corrected chi connectivity index (χ2v) is 5.59. The molecule has 1 aliphatic rings. The van der Waals surface area contributed by atoms with Crippen LogP contribution in [0.5, 0.6) is 0 Å². The highest BCUT2D eigenvalue weighted by atomic mass is 16.5. The predicted molar refractivity (Wildman–Crippen MR) is 83.5 cm³/mol. The molecule has 2 aromatic heterocycles. The Morgan fingerprint density at radius 3 is 2.91 bits per heavy atom. The van der Waals surface area contributed by atoms with Crippen LogP contribution < -0.4 is 0 Å². The molecule has 1 amide bonds. The van der Waals surface area contributed by atoms with Gasteiger partial charge in [-0.05, 0) is 36.5 Å². The predicted octanol–water partition coefficient (Wildman–Crippen LogP) is 2.57. The number of amides is 1. The number of hydrogen-bond acceptors (Lipinski definition) is 5. The third kappa shape index (κ3) is 4.15. The summed E-state index contributed by atoms with van der Waals surface area (Å²) in [5.41, 5.74) is 0.966. The molecule has 0 aromatic carbocycles. The standard InChI is InChI=1S/C16H18N4O3/c21-16(22)20-8-5-12(6-9-20)10-14-18-15(23-19-14)4-3-13-2-1-7-17-11-13/h1-4,7,11-12H,5-6,8-10H2,(H,21,22). The van der Waals surface area contributed by atoms with E-state index in [9.17, 15) is 4.79 Å². The molecule has 7 nitrogen and oxygen atoms in total. The van der Waals surface area contributed by atoms with Crippen molar-refractivity contribution >= 4 is 18.2 Å². The zero-order chi connectivity index (χ0) is 16.1. The number of rotatable bonds is 4. The summed E-state index contributed by atoms with van der Waals surface area (Å²) in [5.74, 6) is 1.54. The topological polar surface area (TPSA) is 92.3 Å². The first-order valence-corrected chi connectivity index (χ1v) is 7.59. The molecule has 0 atom stereocenters. The van der Waals surface area contributed by atoms with Crippen molar-refractivity contribution in [3.05, 3.63) is 41.8 Å². The molecule has 0 aliphatic carbocycles. The van der Waals surface area contributed by atoms with Crippen LogP contribution in [-0.4, -0.2) is 44.3 Å². The van der Waals surface area contributed by atoms with E-state index in [4.69, 9.17) is 9.63 Å². The summed E-state index contributed by atoms with van der Waals surface area (Å²) in [6.45, 7) is 1.15. The summed E-state index contributed by atoms with van der Waals surface area (Å²) in [6.07, 6.45) is 8.66. The van der Waals surface area contributed by atoms with E-state index in [-0.39, 0.29) is 0 Å². The quantitative estimate of drug-likeness (QED) is 0.932. The lowest BCUT2D eigenvalue weighted by atomic mass is 9.93. The fourth-order valence-electron chi connectivity index (χ4n) is 2.65. The van der Waals surface area contributed by atoms with Crippen LogP contribution in [-0.2, 0) is 6.42 Å². The summed E-state index contributed by atoms with van der Waals surface area (Å²) in [6, 6.07) is 3.80. The van der Waals surface area contributed by atoms with Gasteiger partial charge in [0.05, 0.1) is 0 Å². The largest absolute Gasteiger partial charge is 0.465 e. The van der Waals surface area contributed by atoms with Gasteiger partial charge in [-0.1, -0.05) is 11.2 Å². The molecule has 1 fully saturated rings. The molecule has 1 N–H and O–H groups in total. The van der Waals surface area contributed by atoms with Gasteiger partial charge in [0, 0.05) is 38.0 Å². The molecule has 3 rings (SSSR count). The number of hydrogen-bond donors (Lipinski definition) is 1. The van der Waals surface area contributed by atoms with Crippen molar-refractivity contribution in [1.29, 1.82) is 0 Å². The Morgan fingerprint density at radius 2 is 2.22 bits per heavy atom. The van der Waals surface area contributed by atoms with Crippen molar-refractivity contribution in [3.8, 4) is 0 Å². The number of carbonyl (C=O) groups is 1. The van der Waals surface area contributed by atoms with Gasteiger partial charge in [-0.2, -0.15) is 4.98 Å². The molecule has 0 spiro atoms. The van der Waals surface area contributed by atoms with Crippen molar-refractivity contribution in [2.45, 2.75) is 19.3 Å². The lowest BCUT2D eigenvalue weighted by Gasteiger charge is -2.29. The van der Waals surface area contributed by atoms with Crippen LogP contribution in [0, 0.1) is 5.92 Å². The maximum atomic E-state index is 10.9. The third-order valence-corrected chi connectivity index (χ3v) is 3.94. The van der Waals surface area contributed by atoms with E-state index >= 15 is 0 Å². The first-order valence-electron chi connectivity index (χ1n) is 7.59. The lowest BCUT2D eigenvalue weighted by Crippen LogP contribution is -2.37. The van der Waals surface area contributed by atoms with Crippen molar-refractivity contribution in [2.24, 2.45) is 5.92 Å². The zero-order valence-electron chi connectivity index (χ0n) is 12.6. The minimum absolute atomic E-state index is 0.401. The molecule has 0 saturated carbocycles. The van der Waals surface area contributed by atoms with Gasteiger partial charge in [0.25, 0.3) is 5.89 Å². The normalized spacial score (nSPS) is 16.1. The molecular formula is C16H18N4O3. The SMILES string of the molecule is O=C(O)N1CCC(Cc2noc(C=Cc3cccnc3)n2)CC1. The monoisotopic (exact) mass is 314 g/mol. The Balaban J connectivity index is 1.54. The Bertz CT molecular complexity index is 676. The van der Waals surface area contributed by atoms with E-state index in [1.165, 1.54) is 4.90 Å². The van der Waals surface area contributed by atoms with Gasteiger partial charge in [-0.15, -0.1) is 0 Å². The lowest BCUT2D eigenvalue weighted by molar-refractivity contribution is 0.124. The fourth-order valence-corrected chi connectivity index (χ4v) is 2.65. The van der Waals surface area contributed by atoms with E-state index in [1.807, 2.05) is 18.2 Å². The highest BCUT2D eigenvalue weighted by Gasteiger charge is 2.23. The van der Waals surface area contributed by atoms with Crippen LogP contribution in [0.1, 0.15) is 30.1 Å². The van der Waals surface area contributed by atoms with Crippen molar-refractivity contribution < 1.29 is 14.4 Å². The van der Waals surface area contributed by atoms with Gasteiger partial charge in [0.2, 0.25) is 0 Å². The van der Waals surface area contributed by atoms with Crippen LogP contribution >= 0.6 is 0 Å². The summed E-state index contributed by atoms with van der Waals surface area (Å²) in [4.78, 5) is 20.7. The smallest absolute Gasteiger partial charge is 0.407 e. The number of nitrogens with zero attached hydrogens (tertiary/aromatic N) is 4. The molecule has 0 unspecified atom stereocenters. The van der Waals surface area contributed by atoms with Crippen LogP contribution in [0.3, 0.4) is 0 Å². The fraction of sp³-hybridized carbons (Fsp3) is 0.375. The highest BCUT2D eigenvalue weighted by molar-refractivity contribution is 5.65. The van der Waals surface area contributed by atoms with Crippen molar-refractivity contribution in [1.82, 2.24) is 20.0 Å². The second-order valence-electron chi connectivity index (χ2n) is 5.59. The van der Waals surface area contributed by atoms with Crippen LogP contribution in [0.2, 0.25) is 0 Å². The highest BCUT2D eigenvalue weighted by Crippen LogP contribution is 2.20. The molecule has 2 aromatic rings. The Kier molecular flexibility index (Phi) is 4.65. The van der Waals surface area contributed by atoms with Crippen molar-refractivity contribution in [3.63, 3.8) is 0 Å². The van der Waals surface area contributed by atoms with E-state index in [1.54, 1.807) is 18.5 Å². The van der Waals surface area contributed by atoms with E-state index in [2.05, 4.69) is 15.1 Å². The van der Waals surface area contributed by atoms with Crippen LogP contribution in [0.15, 0.2) is 29.0 Å². The minimum Gasteiger partial charge on any atom is -0.465 e. The Labute approximate surface area is 133 Å².